The van der Waals surface area contributed by atoms with Crippen molar-refractivity contribution in [2.24, 2.45) is 0 Å². The number of benzene rings is 2. The van der Waals surface area contributed by atoms with Crippen LogP contribution in [0.2, 0.25) is 0 Å². The molecule has 24 heavy (non-hydrogen) atoms. The van der Waals surface area contributed by atoms with Crippen LogP contribution in [0.25, 0.3) is 10.9 Å². The second-order valence-electron chi connectivity index (χ2n) is 5.63. The number of anilines is 1. The lowest BCUT2D eigenvalue weighted by Crippen LogP contribution is -2.18. The van der Waals surface area contributed by atoms with Crippen molar-refractivity contribution < 1.29 is 12.8 Å². The van der Waals surface area contributed by atoms with E-state index in [4.69, 9.17) is 0 Å². The number of sulfone groups is 1. The monoisotopic (exact) mass is 345 g/mol. The van der Waals surface area contributed by atoms with E-state index in [0.29, 0.717) is 23.3 Å². The molecule has 0 aliphatic rings. The van der Waals surface area contributed by atoms with Crippen LogP contribution in [-0.4, -0.2) is 31.7 Å². The summed E-state index contributed by atoms with van der Waals surface area (Å²) in [6.07, 6.45) is 2.59. The zero-order valence-electron chi connectivity index (χ0n) is 13.3. The second-order valence-corrected chi connectivity index (χ2v) is 7.65. The standard InChI is InChI=1S/C17H16FN3O2S/c1-21(10-12-4-3-5-13(18)8-12)17-15-9-14(24(2,22)23)6-7-16(15)19-11-20-17/h3-9,11H,10H2,1-2H3. The average Bonchev–Trinajstić information content (AvgIpc) is 2.53. The molecule has 0 amide bonds. The molecule has 3 aromatic rings. The number of aromatic nitrogens is 2. The van der Waals surface area contributed by atoms with Crippen molar-refractivity contribution in [3.63, 3.8) is 0 Å². The molecule has 124 valence electrons. The zero-order valence-corrected chi connectivity index (χ0v) is 14.1. The minimum atomic E-state index is -3.32. The van der Waals surface area contributed by atoms with E-state index in [1.54, 1.807) is 18.2 Å². The molecule has 0 bridgehead atoms. The summed E-state index contributed by atoms with van der Waals surface area (Å²) in [5.74, 6) is 0.294. The highest BCUT2D eigenvalue weighted by molar-refractivity contribution is 7.90. The minimum Gasteiger partial charge on any atom is -0.355 e. The van der Waals surface area contributed by atoms with Crippen LogP contribution < -0.4 is 4.90 Å². The molecule has 0 spiro atoms. The Labute approximate surface area is 139 Å². The van der Waals surface area contributed by atoms with Gasteiger partial charge in [-0.05, 0) is 35.9 Å². The van der Waals surface area contributed by atoms with Gasteiger partial charge in [0.2, 0.25) is 0 Å². The molecule has 0 saturated heterocycles. The van der Waals surface area contributed by atoms with E-state index in [-0.39, 0.29) is 10.7 Å². The first kappa shape index (κ1) is 16.3. The Morgan fingerprint density at radius 1 is 1.12 bits per heavy atom. The van der Waals surface area contributed by atoms with E-state index in [1.807, 2.05) is 18.0 Å². The smallest absolute Gasteiger partial charge is 0.175 e. The summed E-state index contributed by atoms with van der Waals surface area (Å²) in [5.41, 5.74) is 1.45. The third-order valence-electron chi connectivity index (χ3n) is 3.68. The summed E-state index contributed by atoms with van der Waals surface area (Å²) < 4.78 is 36.9. The van der Waals surface area contributed by atoms with Gasteiger partial charge in [-0.3, -0.25) is 0 Å². The number of nitrogens with zero attached hydrogens (tertiary/aromatic N) is 3. The molecule has 0 N–H and O–H groups in total. The zero-order chi connectivity index (χ0) is 17.3. The van der Waals surface area contributed by atoms with Gasteiger partial charge in [-0.2, -0.15) is 0 Å². The van der Waals surface area contributed by atoms with E-state index in [9.17, 15) is 12.8 Å². The molecule has 2 aromatic carbocycles. The van der Waals surface area contributed by atoms with Gasteiger partial charge in [0.1, 0.15) is 18.0 Å². The van der Waals surface area contributed by atoms with Gasteiger partial charge in [-0.15, -0.1) is 0 Å². The number of halogens is 1. The van der Waals surface area contributed by atoms with Gasteiger partial charge >= 0.3 is 0 Å². The molecule has 0 atom stereocenters. The third kappa shape index (κ3) is 3.35. The van der Waals surface area contributed by atoms with E-state index in [1.165, 1.54) is 24.5 Å². The number of fused-ring (bicyclic) bond motifs is 1. The molecule has 7 heteroatoms. The lowest BCUT2D eigenvalue weighted by molar-refractivity contribution is 0.602. The minimum absolute atomic E-state index is 0.213. The molecule has 1 heterocycles. The number of hydrogen-bond donors (Lipinski definition) is 0. The van der Waals surface area contributed by atoms with Crippen molar-refractivity contribution in [3.05, 3.63) is 60.2 Å². The first-order chi connectivity index (χ1) is 11.3. The number of rotatable bonds is 4. The van der Waals surface area contributed by atoms with E-state index >= 15 is 0 Å². The van der Waals surface area contributed by atoms with Crippen LogP contribution in [0.5, 0.6) is 0 Å². The maximum Gasteiger partial charge on any atom is 0.175 e. The highest BCUT2D eigenvalue weighted by Crippen LogP contribution is 2.26. The van der Waals surface area contributed by atoms with E-state index in [0.717, 1.165) is 11.8 Å². The first-order valence-corrected chi connectivity index (χ1v) is 9.14. The average molecular weight is 345 g/mol. The summed E-state index contributed by atoms with van der Waals surface area (Å²) in [4.78, 5) is 10.5. The predicted octanol–water partition coefficient (Wildman–Crippen LogP) is 2.81. The molecule has 5 nitrogen and oxygen atoms in total. The lowest BCUT2D eigenvalue weighted by atomic mass is 10.2. The fourth-order valence-corrected chi connectivity index (χ4v) is 3.19. The van der Waals surface area contributed by atoms with Crippen molar-refractivity contribution in [2.45, 2.75) is 11.4 Å². The molecule has 1 aromatic heterocycles. The van der Waals surface area contributed by atoms with Crippen LogP contribution in [0.1, 0.15) is 5.56 Å². The van der Waals surface area contributed by atoms with Crippen LogP contribution >= 0.6 is 0 Å². The lowest BCUT2D eigenvalue weighted by Gasteiger charge is -2.20. The Morgan fingerprint density at radius 3 is 2.62 bits per heavy atom. The summed E-state index contributed by atoms with van der Waals surface area (Å²) >= 11 is 0. The van der Waals surface area contributed by atoms with E-state index < -0.39 is 9.84 Å². The Morgan fingerprint density at radius 2 is 1.92 bits per heavy atom. The van der Waals surface area contributed by atoms with Crippen LogP contribution in [0.4, 0.5) is 10.2 Å². The topological polar surface area (TPSA) is 63.2 Å². The fourth-order valence-electron chi connectivity index (χ4n) is 2.54. The Bertz CT molecular complexity index is 1010. The predicted molar refractivity (Wildman–Crippen MR) is 91.2 cm³/mol. The summed E-state index contributed by atoms with van der Waals surface area (Å²) in [6.45, 7) is 0.437. The molecule has 0 aliphatic heterocycles. The quantitative estimate of drug-likeness (QED) is 0.727. The van der Waals surface area contributed by atoms with E-state index in [2.05, 4.69) is 9.97 Å². The van der Waals surface area contributed by atoms with Gasteiger partial charge in [0, 0.05) is 25.2 Å². The van der Waals surface area contributed by atoms with Crippen LogP contribution in [0.3, 0.4) is 0 Å². The Balaban J connectivity index is 2.04. The molecule has 0 radical (unpaired) electrons. The maximum atomic E-state index is 13.3. The highest BCUT2D eigenvalue weighted by Gasteiger charge is 2.13. The maximum absolute atomic E-state index is 13.3. The van der Waals surface area contributed by atoms with Crippen molar-refractivity contribution in [1.82, 2.24) is 9.97 Å². The van der Waals surface area contributed by atoms with Crippen LogP contribution in [0.15, 0.2) is 53.7 Å². The van der Waals surface area contributed by atoms with Crippen molar-refractivity contribution in [1.29, 1.82) is 0 Å². The molecule has 0 fully saturated rings. The Kier molecular flexibility index (Phi) is 4.19. The molecule has 0 aliphatic carbocycles. The van der Waals surface area contributed by atoms with Crippen LogP contribution in [0, 0.1) is 5.82 Å². The molecule has 3 rings (SSSR count). The first-order valence-electron chi connectivity index (χ1n) is 7.25. The van der Waals surface area contributed by atoms with Crippen LogP contribution in [-0.2, 0) is 16.4 Å². The van der Waals surface area contributed by atoms with Gasteiger partial charge in [0.15, 0.2) is 9.84 Å². The van der Waals surface area contributed by atoms with Gasteiger partial charge in [0.25, 0.3) is 0 Å². The number of hydrogen-bond acceptors (Lipinski definition) is 5. The van der Waals surface area contributed by atoms with Gasteiger partial charge in [0.05, 0.1) is 10.4 Å². The second kappa shape index (κ2) is 6.16. The molecular formula is C17H16FN3O2S. The van der Waals surface area contributed by atoms with Crippen molar-refractivity contribution in [3.8, 4) is 0 Å². The SMILES string of the molecule is CN(Cc1cccc(F)c1)c1ncnc2ccc(S(C)(=O)=O)cc12. The van der Waals surface area contributed by atoms with Crippen molar-refractivity contribution in [2.75, 3.05) is 18.2 Å². The van der Waals surface area contributed by atoms with Gasteiger partial charge in [-0.1, -0.05) is 12.1 Å². The molecule has 0 saturated carbocycles. The summed E-state index contributed by atoms with van der Waals surface area (Å²) in [6, 6.07) is 11.1. The molecule has 0 unspecified atom stereocenters. The third-order valence-corrected chi connectivity index (χ3v) is 4.79. The van der Waals surface area contributed by atoms with Crippen molar-refractivity contribution >= 4 is 26.6 Å². The normalized spacial score (nSPS) is 11.6. The molecular weight excluding hydrogens is 329 g/mol. The highest BCUT2D eigenvalue weighted by atomic mass is 32.2. The summed E-state index contributed by atoms with van der Waals surface area (Å²) in [5, 5.41) is 0.638. The largest absolute Gasteiger partial charge is 0.355 e. The Hall–Kier alpha value is -2.54. The van der Waals surface area contributed by atoms with Gasteiger partial charge < -0.3 is 4.90 Å². The summed E-state index contributed by atoms with van der Waals surface area (Å²) in [7, 11) is -1.51. The fraction of sp³-hybridized carbons (Fsp3) is 0.176. The van der Waals surface area contributed by atoms with Gasteiger partial charge in [-0.25, -0.2) is 22.8 Å².